The van der Waals surface area contributed by atoms with Crippen molar-refractivity contribution < 1.29 is 19.5 Å². The number of rotatable bonds is 3. The molecule has 2 heterocycles. The number of hydrogen-bond donors (Lipinski definition) is 1. The second kappa shape index (κ2) is 8.26. The number of amides is 3. The van der Waals surface area contributed by atoms with Crippen molar-refractivity contribution in [1.82, 2.24) is 9.80 Å². The Morgan fingerprint density at radius 3 is 2.58 bits per heavy atom. The Balaban J connectivity index is 1.73. The molecule has 0 aliphatic carbocycles. The molecule has 0 atom stereocenters. The lowest BCUT2D eigenvalue weighted by Gasteiger charge is -2.22. The summed E-state index contributed by atoms with van der Waals surface area (Å²) in [5.41, 5.74) is 0.434. The monoisotopic (exact) mass is 438 g/mol. The Kier molecular flexibility index (Phi) is 6.03. The van der Waals surface area contributed by atoms with Crippen LogP contribution in [-0.4, -0.2) is 51.6 Å². The third-order valence-electron chi connectivity index (χ3n) is 4.40. The van der Waals surface area contributed by atoms with E-state index in [0.717, 1.165) is 46.8 Å². The number of hydrogen-bond acceptors (Lipinski definition) is 5. The molecule has 3 rings (SSSR count). The highest BCUT2D eigenvalue weighted by Gasteiger charge is 2.37. The molecule has 8 heteroatoms. The van der Waals surface area contributed by atoms with E-state index >= 15 is 0 Å². The van der Waals surface area contributed by atoms with Crippen molar-refractivity contribution in [3.05, 3.63) is 33.1 Å². The van der Waals surface area contributed by atoms with Crippen LogP contribution in [0.1, 0.15) is 31.2 Å². The molecule has 6 nitrogen and oxygen atoms in total. The molecule has 26 heavy (non-hydrogen) atoms. The van der Waals surface area contributed by atoms with Gasteiger partial charge in [0.2, 0.25) is 5.91 Å². The summed E-state index contributed by atoms with van der Waals surface area (Å²) in [6.07, 6.45) is 5.58. The minimum absolute atomic E-state index is 0.0145. The first-order valence-corrected chi connectivity index (χ1v) is 10.1. The summed E-state index contributed by atoms with van der Waals surface area (Å²) in [6, 6.07) is 4.84. The molecule has 3 amide bonds. The zero-order valence-electron chi connectivity index (χ0n) is 14.1. The van der Waals surface area contributed by atoms with Crippen molar-refractivity contribution in [1.29, 1.82) is 0 Å². The van der Waals surface area contributed by atoms with Crippen molar-refractivity contribution in [3.63, 3.8) is 0 Å². The van der Waals surface area contributed by atoms with Gasteiger partial charge in [0.15, 0.2) is 0 Å². The molecule has 1 aromatic carbocycles. The molecule has 2 aliphatic heterocycles. The molecule has 0 saturated carbocycles. The lowest BCUT2D eigenvalue weighted by Crippen LogP contribution is -2.42. The van der Waals surface area contributed by atoms with Gasteiger partial charge in [-0.05, 0) is 48.9 Å². The average molecular weight is 439 g/mol. The molecule has 0 unspecified atom stereocenters. The zero-order valence-corrected chi connectivity index (χ0v) is 16.5. The van der Waals surface area contributed by atoms with E-state index in [4.69, 9.17) is 0 Å². The molecule has 1 aromatic rings. The fourth-order valence-corrected chi connectivity index (χ4v) is 4.18. The first-order chi connectivity index (χ1) is 12.5. The number of phenols is 1. The highest BCUT2D eigenvalue weighted by molar-refractivity contribution is 9.10. The molecule has 0 bridgehead atoms. The van der Waals surface area contributed by atoms with Gasteiger partial charge in [-0.3, -0.25) is 19.3 Å². The second-order valence-corrected chi connectivity index (χ2v) is 8.17. The number of thioether (sulfide) groups is 1. The largest absolute Gasteiger partial charge is 0.507 e. The molecule has 2 saturated heterocycles. The Morgan fingerprint density at radius 1 is 1.19 bits per heavy atom. The fraction of sp³-hybridized carbons (Fsp3) is 0.389. The standard InChI is InChI=1S/C18H19BrN2O4S/c19-13-5-6-14(22)12(9-13)10-15-17(24)21(18(25)26-15)11-16(23)20-7-3-1-2-4-8-20/h5-6,9-10,22H,1-4,7-8,11H2/b15-10+. The van der Waals surface area contributed by atoms with E-state index in [9.17, 15) is 19.5 Å². The molecular formula is C18H19BrN2O4S. The highest BCUT2D eigenvalue weighted by atomic mass is 79.9. The Bertz CT molecular complexity index is 772. The molecule has 138 valence electrons. The summed E-state index contributed by atoms with van der Waals surface area (Å²) in [6.45, 7) is 1.13. The zero-order chi connectivity index (χ0) is 18.7. The topological polar surface area (TPSA) is 77.9 Å². The lowest BCUT2D eigenvalue weighted by atomic mass is 10.2. The number of nitrogens with zero attached hydrogens (tertiary/aromatic N) is 2. The van der Waals surface area contributed by atoms with Gasteiger partial charge in [-0.2, -0.15) is 0 Å². The van der Waals surface area contributed by atoms with E-state index in [-0.39, 0.29) is 23.1 Å². The van der Waals surface area contributed by atoms with Crippen molar-refractivity contribution in [2.24, 2.45) is 0 Å². The quantitative estimate of drug-likeness (QED) is 0.729. The van der Waals surface area contributed by atoms with Crippen LogP contribution in [0.4, 0.5) is 4.79 Å². The fourth-order valence-electron chi connectivity index (χ4n) is 2.97. The van der Waals surface area contributed by atoms with Gasteiger partial charge < -0.3 is 10.0 Å². The third-order valence-corrected chi connectivity index (χ3v) is 5.80. The minimum atomic E-state index is -0.498. The van der Waals surface area contributed by atoms with Crippen molar-refractivity contribution in [3.8, 4) is 5.75 Å². The van der Waals surface area contributed by atoms with Crippen molar-refractivity contribution in [2.45, 2.75) is 25.7 Å². The van der Waals surface area contributed by atoms with Gasteiger partial charge in [0, 0.05) is 23.1 Å². The van der Waals surface area contributed by atoms with Gasteiger partial charge in [0.25, 0.3) is 11.1 Å². The van der Waals surface area contributed by atoms with E-state index < -0.39 is 11.1 Å². The predicted octanol–water partition coefficient (Wildman–Crippen LogP) is 3.59. The summed E-state index contributed by atoms with van der Waals surface area (Å²) in [4.78, 5) is 40.2. The van der Waals surface area contributed by atoms with Gasteiger partial charge >= 0.3 is 0 Å². The number of carbonyl (C=O) groups is 3. The second-order valence-electron chi connectivity index (χ2n) is 6.27. The normalized spacial score (nSPS) is 20.0. The van der Waals surface area contributed by atoms with Crippen molar-refractivity contribution >= 4 is 50.8 Å². The van der Waals surface area contributed by atoms with Crippen LogP contribution in [0, 0.1) is 0 Å². The van der Waals surface area contributed by atoms with Crippen LogP contribution < -0.4 is 0 Å². The summed E-state index contributed by atoms with van der Waals surface area (Å²) in [7, 11) is 0. The van der Waals surface area contributed by atoms with Crippen LogP contribution >= 0.6 is 27.7 Å². The van der Waals surface area contributed by atoms with Gasteiger partial charge in [0.05, 0.1) is 4.91 Å². The smallest absolute Gasteiger partial charge is 0.294 e. The van der Waals surface area contributed by atoms with Crippen LogP contribution in [0.3, 0.4) is 0 Å². The number of likely N-dealkylation sites (tertiary alicyclic amines) is 1. The summed E-state index contributed by atoms with van der Waals surface area (Å²) in [5, 5.41) is 9.45. The first kappa shape index (κ1) is 19.0. The number of imide groups is 1. The van der Waals surface area contributed by atoms with E-state index in [1.807, 2.05) is 0 Å². The number of aromatic hydroxyl groups is 1. The molecule has 1 N–H and O–H groups in total. The summed E-state index contributed by atoms with van der Waals surface area (Å²) < 4.78 is 0.747. The molecule has 0 aromatic heterocycles. The van der Waals surface area contributed by atoms with Crippen LogP contribution in [0.5, 0.6) is 5.75 Å². The SMILES string of the molecule is O=C(CN1C(=O)S/C(=C/c2cc(Br)ccc2O)C1=O)N1CCCCCC1. The minimum Gasteiger partial charge on any atom is -0.507 e. The van der Waals surface area contributed by atoms with Gasteiger partial charge in [-0.25, -0.2) is 0 Å². The van der Waals surface area contributed by atoms with E-state index in [1.165, 1.54) is 12.1 Å². The summed E-state index contributed by atoms with van der Waals surface area (Å²) >= 11 is 4.09. The van der Waals surface area contributed by atoms with E-state index in [0.29, 0.717) is 18.7 Å². The molecular weight excluding hydrogens is 420 g/mol. The molecule has 2 aliphatic rings. The van der Waals surface area contributed by atoms with Gasteiger partial charge in [-0.1, -0.05) is 28.8 Å². The highest BCUT2D eigenvalue weighted by Crippen LogP contribution is 2.34. The van der Waals surface area contributed by atoms with E-state index in [1.54, 1.807) is 17.0 Å². The number of carbonyl (C=O) groups excluding carboxylic acids is 3. The number of halogens is 1. The maximum Gasteiger partial charge on any atom is 0.294 e. The Hall–Kier alpha value is -1.80. The van der Waals surface area contributed by atoms with Crippen LogP contribution in [0.15, 0.2) is 27.6 Å². The van der Waals surface area contributed by atoms with E-state index in [2.05, 4.69) is 15.9 Å². The maximum atomic E-state index is 12.6. The molecule has 2 fully saturated rings. The Labute approximate surface area is 164 Å². The predicted molar refractivity (Wildman–Crippen MR) is 104 cm³/mol. The van der Waals surface area contributed by atoms with Crippen LogP contribution in [0.25, 0.3) is 6.08 Å². The van der Waals surface area contributed by atoms with Crippen LogP contribution in [0.2, 0.25) is 0 Å². The third kappa shape index (κ3) is 4.29. The van der Waals surface area contributed by atoms with Crippen molar-refractivity contribution in [2.75, 3.05) is 19.6 Å². The number of benzene rings is 1. The average Bonchev–Trinajstić information content (AvgIpc) is 2.82. The van der Waals surface area contributed by atoms with Gasteiger partial charge in [0.1, 0.15) is 12.3 Å². The first-order valence-electron chi connectivity index (χ1n) is 8.47. The van der Waals surface area contributed by atoms with Crippen LogP contribution in [-0.2, 0) is 9.59 Å². The lowest BCUT2D eigenvalue weighted by molar-refractivity contribution is -0.135. The Morgan fingerprint density at radius 2 is 1.88 bits per heavy atom. The molecule has 0 radical (unpaired) electrons. The maximum absolute atomic E-state index is 12.6. The molecule has 0 spiro atoms. The number of phenolic OH excluding ortho intramolecular Hbond substituents is 1. The van der Waals surface area contributed by atoms with Gasteiger partial charge in [-0.15, -0.1) is 0 Å². The summed E-state index contributed by atoms with van der Waals surface area (Å²) in [5.74, 6) is -0.677.